The van der Waals surface area contributed by atoms with Gasteiger partial charge in [0.05, 0.1) is 0 Å². The molecule has 0 aliphatic carbocycles. The summed E-state index contributed by atoms with van der Waals surface area (Å²) >= 11 is 0. The van der Waals surface area contributed by atoms with E-state index in [4.69, 9.17) is 0 Å². The summed E-state index contributed by atoms with van der Waals surface area (Å²) in [5.74, 6) is 2.02. The first-order chi connectivity index (χ1) is 19.9. The van der Waals surface area contributed by atoms with Gasteiger partial charge in [-0.25, -0.2) is 0 Å². The molecular weight excluding hydrogens is 484 g/mol. The Kier molecular flexibility index (Phi) is 21.0. The zero-order chi connectivity index (χ0) is 27.8. The van der Waals surface area contributed by atoms with E-state index in [-0.39, 0.29) is 0 Å². The van der Waals surface area contributed by atoms with Crippen LogP contribution in [-0.2, 0) is 0 Å². The van der Waals surface area contributed by atoms with Gasteiger partial charge >= 0.3 is 0 Å². The van der Waals surface area contributed by atoms with Crippen LogP contribution in [0.2, 0.25) is 0 Å². The van der Waals surface area contributed by atoms with E-state index in [0.717, 1.165) is 11.8 Å². The Bertz CT molecular complexity index is 456. The molecule has 4 unspecified atom stereocenters. The topological polar surface area (TPSA) is 6.48 Å². The van der Waals surface area contributed by atoms with Gasteiger partial charge in [-0.15, -0.1) is 0 Å². The van der Waals surface area contributed by atoms with Gasteiger partial charge in [-0.2, -0.15) is 0 Å². The van der Waals surface area contributed by atoms with Crippen LogP contribution in [0.3, 0.4) is 0 Å². The predicted molar refractivity (Wildman–Crippen MR) is 178 cm³/mol. The maximum Gasteiger partial charge on any atom is 0.000966 e. The number of rotatable bonds is 0. The average molecular weight is 559 g/mol. The number of hydrogen-bond donors (Lipinski definition) is 0. The summed E-state index contributed by atoms with van der Waals surface area (Å²) in [6, 6.07) is 0. The number of piperidine rings is 2. The average Bonchev–Trinajstić information content (AvgIpc) is 2.97. The van der Waals surface area contributed by atoms with Crippen molar-refractivity contribution in [3.05, 3.63) is 0 Å². The minimum absolute atomic E-state index is 1.01. The summed E-state index contributed by atoms with van der Waals surface area (Å²) in [6.07, 6.45) is 44.6. The third-order valence-electron chi connectivity index (χ3n) is 10.9. The highest BCUT2D eigenvalue weighted by molar-refractivity contribution is 4.74. The molecule has 4 bridgehead atoms. The lowest BCUT2D eigenvalue weighted by atomic mass is 9.92. The maximum atomic E-state index is 2.82. The van der Waals surface area contributed by atoms with E-state index in [2.05, 4.69) is 9.80 Å². The van der Waals surface area contributed by atoms with Crippen LogP contribution in [0.4, 0.5) is 0 Å². The molecule has 3 rings (SSSR count). The molecule has 0 aromatic rings. The third-order valence-corrected chi connectivity index (χ3v) is 10.9. The van der Waals surface area contributed by atoms with E-state index < -0.39 is 0 Å². The predicted octanol–water partition coefficient (Wildman–Crippen LogP) is 11.6. The smallest absolute Gasteiger partial charge is 0.000966 e. The minimum atomic E-state index is 1.01. The Hall–Kier alpha value is -0.0800. The molecule has 0 N–H and O–H groups in total. The van der Waals surface area contributed by atoms with E-state index in [0.29, 0.717) is 0 Å². The summed E-state index contributed by atoms with van der Waals surface area (Å²) in [5, 5.41) is 0. The second kappa shape index (κ2) is 24.4. The molecule has 3 aliphatic heterocycles. The van der Waals surface area contributed by atoms with Crippen LogP contribution in [0.15, 0.2) is 0 Å². The van der Waals surface area contributed by atoms with Gasteiger partial charge in [-0.3, -0.25) is 0 Å². The molecule has 0 spiro atoms. The maximum absolute atomic E-state index is 2.82. The molecule has 0 aromatic heterocycles. The van der Waals surface area contributed by atoms with Crippen LogP contribution in [0, 0.1) is 11.8 Å². The van der Waals surface area contributed by atoms with Crippen LogP contribution in [0.5, 0.6) is 0 Å². The van der Waals surface area contributed by atoms with Crippen LogP contribution in [0.25, 0.3) is 0 Å². The second-order valence-electron chi connectivity index (χ2n) is 14.7. The van der Waals surface area contributed by atoms with E-state index in [1.54, 1.807) is 0 Å². The molecular formula is C38H74N2. The lowest BCUT2D eigenvalue weighted by molar-refractivity contribution is 0.163. The lowest BCUT2D eigenvalue weighted by Gasteiger charge is -2.32. The minimum Gasteiger partial charge on any atom is -0.303 e. The Morgan fingerprint density at radius 3 is 0.775 bits per heavy atom. The fraction of sp³-hybridized carbons (Fsp3) is 1.00. The first kappa shape index (κ1) is 34.4. The van der Waals surface area contributed by atoms with Crippen molar-refractivity contribution in [3.63, 3.8) is 0 Å². The lowest BCUT2D eigenvalue weighted by Crippen LogP contribution is -2.36. The van der Waals surface area contributed by atoms with Gasteiger partial charge < -0.3 is 9.80 Å². The first-order valence-corrected chi connectivity index (χ1v) is 19.3. The summed E-state index contributed by atoms with van der Waals surface area (Å²) in [6.45, 7) is 8.37. The largest absolute Gasteiger partial charge is 0.303 e. The molecule has 40 heavy (non-hydrogen) atoms. The number of fused-ring (bicyclic) bond motifs is 4. The fourth-order valence-corrected chi connectivity index (χ4v) is 8.25. The molecule has 3 aliphatic rings. The van der Waals surface area contributed by atoms with E-state index in [1.807, 2.05) is 0 Å². The molecule has 3 fully saturated rings. The van der Waals surface area contributed by atoms with Crippen molar-refractivity contribution in [2.75, 3.05) is 39.3 Å². The normalized spacial score (nSPS) is 32.4. The molecule has 236 valence electrons. The van der Waals surface area contributed by atoms with Crippen LogP contribution in [0.1, 0.15) is 193 Å². The van der Waals surface area contributed by atoms with E-state index in [9.17, 15) is 0 Å². The monoisotopic (exact) mass is 559 g/mol. The van der Waals surface area contributed by atoms with Crippen molar-refractivity contribution in [2.24, 2.45) is 11.8 Å². The molecule has 4 atom stereocenters. The summed E-state index contributed by atoms with van der Waals surface area (Å²) in [5.41, 5.74) is 0. The zero-order valence-electron chi connectivity index (χ0n) is 27.5. The fourth-order valence-electron chi connectivity index (χ4n) is 8.25. The van der Waals surface area contributed by atoms with Gasteiger partial charge in [0.25, 0.3) is 0 Å². The summed E-state index contributed by atoms with van der Waals surface area (Å²) in [4.78, 5) is 5.65. The molecule has 2 heteroatoms. The molecule has 0 aromatic carbocycles. The van der Waals surface area contributed by atoms with Crippen molar-refractivity contribution in [1.29, 1.82) is 0 Å². The van der Waals surface area contributed by atoms with Crippen molar-refractivity contribution in [3.8, 4) is 0 Å². The number of hydrogen-bond acceptors (Lipinski definition) is 2. The number of nitrogens with zero attached hydrogens (tertiary/aromatic N) is 2. The Balaban J connectivity index is 1.26. The van der Waals surface area contributed by atoms with Gasteiger partial charge in [-0.05, 0) is 89.4 Å². The Morgan fingerprint density at radius 1 is 0.225 bits per heavy atom. The third kappa shape index (κ3) is 17.8. The quantitative estimate of drug-likeness (QED) is 0.292. The zero-order valence-corrected chi connectivity index (χ0v) is 27.5. The molecule has 3 heterocycles. The van der Waals surface area contributed by atoms with Gasteiger partial charge in [0, 0.05) is 13.1 Å². The molecule has 0 saturated carbocycles. The highest BCUT2D eigenvalue weighted by Gasteiger charge is 2.20. The molecule has 2 nitrogen and oxygen atoms in total. The van der Waals surface area contributed by atoms with Gasteiger partial charge in [0.1, 0.15) is 0 Å². The molecule has 0 amide bonds. The van der Waals surface area contributed by atoms with Crippen molar-refractivity contribution in [1.82, 2.24) is 9.80 Å². The highest BCUT2D eigenvalue weighted by atomic mass is 15.1. The van der Waals surface area contributed by atoms with E-state index in [1.165, 1.54) is 232 Å². The SMILES string of the molecule is C1CCCCCCCN2CCCC(CCCCCCCCCCCCCCN3CCCC(CCCCCC1)C3)C2. The first-order valence-electron chi connectivity index (χ1n) is 19.3. The van der Waals surface area contributed by atoms with Crippen molar-refractivity contribution >= 4 is 0 Å². The van der Waals surface area contributed by atoms with Crippen molar-refractivity contribution in [2.45, 2.75) is 193 Å². The second-order valence-corrected chi connectivity index (χ2v) is 14.7. The molecule has 3 saturated heterocycles. The summed E-state index contributed by atoms with van der Waals surface area (Å²) in [7, 11) is 0. The van der Waals surface area contributed by atoms with Crippen LogP contribution < -0.4 is 0 Å². The van der Waals surface area contributed by atoms with Gasteiger partial charge in [0.2, 0.25) is 0 Å². The Labute approximate surface area is 253 Å². The summed E-state index contributed by atoms with van der Waals surface area (Å²) < 4.78 is 0. The standard InChI is InChI=1S/C38H74N2/c1-3-7-11-15-19-23-31-39-33-26-30-38(36-39)28-22-18-14-10-6-2-4-8-12-16-20-24-32-40-34-25-29-37(35-40)27-21-17-13-9-5-1/h37-38H,1-36H2. The van der Waals surface area contributed by atoms with Gasteiger partial charge in [-0.1, -0.05) is 141 Å². The molecule has 0 radical (unpaired) electrons. The van der Waals surface area contributed by atoms with Gasteiger partial charge in [0.15, 0.2) is 0 Å². The van der Waals surface area contributed by atoms with Crippen molar-refractivity contribution < 1.29 is 0 Å². The van der Waals surface area contributed by atoms with Crippen LogP contribution >= 0.6 is 0 Å². The van der Waals surface area contributed by atoms with E-state index >= 15 is 0 Å². The highest BCUT2D eigenvalue weighted by Crippen LogP contribution is 2.25. The van der Waals surface area contributed by atoms with Crippen LogP contribution in [-0.4, -0.2) is 49.1 Å². The Morgan fingerprint density at radius 2 is 0.450 bits per heavy atom.